The first-order valence-corrected chi connectivity index (χ1v) is 6.53. The van der Waals surface area contributed by atoms with Gasteiger partial charge in [0.05, 0.1) is 0 Å². The number of rotatable bonds is 3. The summed E-state index contributed by atoms with van der Waals surface area (Å²) in [6.45, 7) is 2.19. The van der Waals surface area contributed by atoms with E-state index in [4.69, 9.17) is 0 Å². The topological polar surface area (TPSA) is 24.1 Å². The average molecular weight is 234 g/mol. The second-order valence-electron chi connectivity index (χ2n) is 5.26. The van der Waals surface area contributed by atoms with E-state index >= 15 is 0 Å². The fourth-order valence-electron chi connectivity index (χ4n) is 2.78. The van der Waals surface area contributed by atoms with Crippen molar-refractivity contribution in [3.63, 3.8) is 0 Å². The van der Waals surface area contributed by atoms with Gasteiger partial charge >= 0.3 is 0 Å². The van der Waals surface area contributed by atoms with E-state index in [2.05, 4.69) is 10.6 Å². The molecule has 1 aliphatic carbocycles. The van der Waals surface area contributed by atoms with E-state index in [1.807, 2.05) is 12.1 Å². The van der Waals surface area contributed by atoms with Crippen LogP contribution in [0.4, 0.5) is 4.39 Å². The fraction of sp³-hybridized carbons (Fsp3) is 0.571. The van der Waals surface area contributed by atoms with Gasteiger partial charge in [-0.25, -0.2) is 4.39 Å². The lowest BCUT2D eigenvalue weighted by molar-refractivity contribution is 0.339. The molecule has 2 N–H and O–H groups in total. The zero-order valence-corrected chi connectivity index (χ0v) is 10.0. The van der Waals surface area contributed by atoms with Gasteiger partial charge in [0, 0.05) is 11.6 Å². The number of nitrogens with one attached hydrogen (secondary N) is 2. The van der Waals surface area contributed by atoms with Gasteiger partial charge in [-0.05, 0) is 56.5 Å². The summed E-state index contributed by atoms with van der Waals surface area (Å²) in [6.07, 6.45) is 4.63. The molecule has 0 atom stereocenters. The van der Waals surface area contributed by atoms with Crippen LogP contribution < -0.4 is 10.6 Å². The van der Waals surface area contributed by atoms with Crippen LogP contribution >= 0.6 is 0 Å². The van der Waals surface area contributed by atoms with Crippen molar-refractivity contribution in [1.29, 1.82) is 0 Å². The number of hydrogen-bond donors (Lipinski definition) is 2. The van der Waals surface area contributed by atoms with Crippen LogP contribution in [0.25, 0.3) is 0 Å². The highest BCUT2D eigenvalue weighted by atomic mass is 19.1. The molecular formula is C14H19FN2. The maximum atomic E-state index is 13.3. The van der Waals surface area contributed by atoms with Crippen molar-refractivity contribution in [2.24, 2.45) is 0 Å². The summed E-state index contributed by atoms with van der Waals surface area (Å²) in [5.74, 6) is -0.124. The number of piperidine rings is 1. The zero-order chi connectivity index (χ0) is 11.7. The molecule has 0 amide bonds. The maximum absolute atomic E-state index is 13.3. The molecule has 1 aromatic rings. The quantitative estimate of drug-likeness (QED) is 0.837. The van der Waals surface area contributed by atoms with Crippen LogP contribution in [-0.4, -0.2) is 19.1 Å². The molecule has 0 radical (unpaired) electrons. The largest absolute Gasteiger partial charge is 0.317 e. The highest BCUT2D eigenvalue weighted by molar-refractivity contribution is 5.30. The second-order valence-corrected chi connectivity index (χ2v) is 5.26. The van der Waals surface area contributed by atoms with Crippen LogP contribution in [0.2, 0.25) is 0 Å². The van der Waals surface area contributed by atoms with Gasteiger partial charge in [0.2, 0.25) is 0 Å². The van der Waals surface area contributed by atoms with Gasteiger partial charge in [0.1, 0.15) is 5.82 Å². The van der Waals surface area contributed by atoms with E-state index in [0.29, 0.717) is 6.04 Å². The molecular weight excluding hydrogens is 215 g/mol. The molecule has 2 aliphatic rings. The Balaban J connectivity index is 1.73. The van der Waals surface area contributed by atoms with Crippen molar-refractivity contribution in [2.75, 3.05) is 13.1 Å². The molecule has 2 nitrogen and oxygen atoms in total. The summed E-state index contributed by atoms with van der Waals surface area (Å²) >= 11 is 0. The van der Waals surface area contributed by atoms with Crippen molar-refractivity contribution < 1.29 is 4.39 Å². The molecule has 92 valence electrons. The van der Waals surface area contributed by atoms with Gasteiger partial charge in [0.15, 0.2) is 0 Å². The summed E-state index contributed by atoms with van der Waals surface area (Å²) in [7, 11) is 0. The van der Waals surface area contributed by atoms with Crippen molar-refractivity contribution in [3.05, 3.63) is 35.6 Å². The highest BCUT2D eigenvalue weighted by Crippen LogP contribution is 2.46. The van der Waals surface area contributed by atoms with Crippen molar-refractivity contribution in [1.82, 2.24) is 10.6 Å². The lowest BCUT2D eigenvalue weighted by atomic mass is 10.00. The SMILES string of the molecule is Fc1cccc(C2(NC3CCNCC3)CC2)c1. The molecule has 3 rings (SSSR count). The molecule has 0 aromatic heterocycles. The summed E-state index contributed by atoms with van der Waals surface area (Å²) in [5, 5.41) is 7.11. The number of benzene rings is 1. The lowest BCUT2D eigenvalue weighted by Crippen LogP contribution is -2.44. The molecule has 0 unspecified atom stereocenters. The maximum Gasteiger partial charge on any atom is 0.123 e. The zero-order valence-electron chi connectivity index (χ0n) is 10.0. The van der Waals surface area contributed by atoms with Gasteiger partial charge in [-0.15, -0.1) is 0 Å². The third-order valence-electron chi connectivity index (χ3n) is 3.95. The van der Waals surface area contributed by atoms with Crippen LogP contribution in [0.15, 0.2) is 24.3 Å². The van der Waals surface area contributed by atoms with Crippen LogP contribution in [0, 0.1) is 5.82 Å². The van der Waals surface area contributed by atoms with Crippen molar-refractivity contribution >= 4 is 0 Å². The van der Waals surface area contributed by atoms with Crippen LogP contribution in [0.1, 0.15) is 31.2 Å². The van der Waals surface area contributed by atoms with E-state index in [1.54, 1.807) is 6.07 Å². The molecule has 1 saturated heterocycles. The molecule has 17 heavy (non-hydrogen) atoms. The van der Waals surface area contributed by atoms with E-state index < -0.39 is 0 Å². The van der Waals surface area contributed by atoms with Crippen LogP contribution in [-0.2, 0) is 5.54 Å². The standard InChI is InChI=1S/C14H19FN2/c15-12-3-1-2-11(10-12)14(6-7-14)17-13-4-8-16-9-5-13/h1-3,10,13,16-17H,4-9H2. The molecule has 1 aliphatic heterocycles. The average Bonchev–Trinajstić information content (AvgIpc) is 3.11. The molecule has 1 heterocycles. The minimum Gasteiger partial charge on any atom is -0.317 e. The molecule has 1 aromatic carbocycles. The Bertz CT molecular complexity index is 395. The summed E-state index contributed by atoms with van der Waals surface area (Å²) in [6, 6.07) is 7.64. The number of hydrogen-bond acceptors (Lipinski definition) is 2. The van der Waals surface area contributed by atoms with Crippen molar-refractivity contribution in [3.8, 4) is 0 Å². The van der Waals surface area contributed by atoms with Gasteiger partial charge in [-0.3, -0.25) is 0 Å². The van der Waals surface area contributed by atoms with Gasteiger partial charge in [-0.2, -0.15) is 0 Å². The Kier molecular flexibility index (Phi) is 2.89. The third kappa shape index (κ3) is 2.35. The Morgan fingerprint density at radius 1 is 1.24 bits per heavy atom. The summed E-state index contributed by atoms with van der Waals surface area (Å²) in [5.41, 5.74) is 1.19. The van der Waals surface area contributed by atoms with E-state index in [9.17, 15) is 4.39 Å². The molecule has 3 heteroatoms. The monoisotopic (exact) mass is 234 g/mol. The van der Waals surface area contributed by atoms with E-state index in [-0.39, 0.29) is 11.4 Å². The van der Waals surface area contributed by atoms with Crippen LogP contribution in [0.3, 0.4) is 0 Å². The van der Waals surface area contributed by atoms with E-state index in [0.717, 1.165) is 31.5 Å². The Labute approximate surface area is 102 Å². The normalized spacial score (nSPS) is 23.6. The van der Waals surface area contributed by atoms with Crippen LogP contribution in [0.5, 0.6) is 0 Å². The molecule has 0 bridgehead atoms. The lowest BCUT2D eigenvalue weighted by Gasteiger charge is -2.29. The van der Waals surface area contributed by atoms with Gasteiger partial charge in [0.25, 0.3) is 0 Å². The second kappa shape index (κ2) is 4.39. The Morgan fingerprint density at radius 2 is 2.00 bits per heavy atom. The van der Waals surface area contributed by atoms with Gasteiger partial charge < -0.3 is 10.6 Å². The van der Waals surface area contributed by atoms with E-state index in [1.165, 1.54) is 18.9 Å². The Hall–Kier alpha value is -0.930. The Morgan fingerprint density at radius 3 is 2.65 bits per heavy atom. The highest BCUT2D eigenvalue weighted by Gasteiger charge is 2.45. The summed E-state index contributed by atoms with van der Waals surface area (Å²) in [4.78, 5) is 0. The minimum atomic E-state index is -0.124. The third-order valence-corrected chi connectivity index (χ3v) is 3.95. The van der Waals surface area contributed by atoms with Crippen molar-refractivity contribution in [2.45, 2.75) is 37.3 Å². The smallest absolute Gasteiger partial charge is 0.123 e. The first kappa shape index (κ1) is 11.2. The number of halogens is 1. The predicted molar refractivity (Wildman–Crippen MR) is 66.3 cm³/mol. The fourth-order valence-corrected chi connectivity index (χ4v) is 2.78. The first-order valence-electron chi connectivity index (χ1n) is 6.53. The minimum absolute atomic E-state index is 0.0735. The molecule has 0 spiro atoms. The first-order chi connectivity index (χ1) is 8.28. The summed E-state index contributed by atoms with van der Waals surface area (Å²) < 4.78 is 13.3. The van der Waals surface area contributed by atoms with Gasteiger partial charge in [-0.1, -0.05) is 12.1 Å². The molecule has 2 fully saturated rings. The molecule has 1 saturated carbocycles. The predicted octanol–water partition coefficient (Wildman–Crippen LogP) is 2.16.